The first kappa shape index (κ1) is 16.2. The lowest BCUT2D eigenvalue weighted by atomic mass is 10.2. The van der Waals surface area contributed by atoms with Crippen LogP contribution in [0.25, 0.3) is 0 Å². The Bertz CT molecular complexity index is 440. The van der Waals surface area contributed by atoms with Gasteiger partial charge in [-0.2, -0.15) is 0 Å². The molecule has 0 aliphatic heterocycles. The number of anilines is 2. The molecule has 1 rings (SSSR count). The largest absolute Gasteiger partial charge is 0.397 e. The molecule has 7 heteroatoms. The standard InChI is InChI=1S/C13H22N4O3/c1-19-6-3-4-17(5-7-20-2)12-8-10(13(15)18)11(14)9-16-12/h8-9H,3-7,14H2,1-2H3,(H2,15,18). The Morgan fingerprint density at radius 3 is 2.60 bits per heavy atom. The highest BCUT2D eigenvalue weighted by Crippen LogP contribution is 2.18. The van der Waals surface area contributed by atoms with Crippen molar-refractivity contribution in [2.75, 3.05) is 51.2 Å². The minimum Gasteiger partial charge on any atom is -0.397 e. The molecule has 0 spiro atoms. The first-order valence-corrected chi connectivity index (χ1v) is 6.38. The maximum absolute atomic E-state index is 11.3. The van der Waals surface area contributed by atoms with E-state index in [2.05, 4.69) is 4.98 Å². The minimum atomic E-state index is -0.560. The average molecular weight is 282 g/mol. The Morgan fingerprint density at radius 2 is 2.00 bits per heavy atom. The summed E-state index contributed by atoms with van der Waals surface area (Å²) in [6.07, 6.45) is 2.30. The monoisotopic (exact) mass is 282 g/mol. The molecule has 0 saturated carbocycles. The second kappa shape index (κ2) is 8.34. The molecule has 7 nitrogen and oxygen atoms in total. The van der Waals surface area contributed by atoms with Gasteiger partial charge in [-0.15, -0.1) is 0 Å². The van der Waals surface area contributed by atoms with Crippen LogP contribution in [0.3, 0.4) is 0 Å². The zero-order chi connectivity index (χ0) is 15.0. The number of nitrogen functional groups attached to an aromatic ring is 1. The van der Waals surface area contributed by atoms with Crippen molar-refractivity contribution in [3.63, 3.8) is 0 Å². The van der Waals surface area contributed by atoms with Gasteiger partial charge >= 0.3 is 0 Å². The first-order valence-electron chi connectivity index (χ1n) is 6.38. The molecule has 0 aliphatic carbocycles. The van der Waals surface area contributed by atoms with E-state index in [0.29, 0.717) is 25.6 Å². The SMILES string of the molecule is COCCCN(CCOC)c1cc(C(N)=O)c(N)cn1. The second-order valence-corrected chi connectivity index (χ2v) is 4.32. The third-order valence-corrected chi connectivity index (χ3v) is 2.85. The van der Waals surface area contributed by atoms with Crippen LogP contribution in [-0.4, -0.2) is 51.4 Å². The molecule has 0 aliphatic rings. The molecule has 0 aromatic carbocycles. The number of methoxy groups -OCH3 is 2. The van der Waals surface area contributed by atoms with E-state index in [-0.39, 0.29) is 11.3 Å². The third kappa shape index (κ3) is 4.67. The highest BCUT2D eigenvalue weighted by Gasteiger charge is 2.13. The summed E-state index contributed by atoms with van der Waals surface area (Å²) in [6, 6.07) is 1.61. The normalized spacial score (nSPS) is 10.5. The predicted octanol–water partition coefficient (Wildman–Crippen LogP) is 0.252. The predicted molar refractivity (Wildman–Crippen MR) is 77.7 cm³/mol. The van der Waals surface area contributed by atoms with Crippen LogP contribution in [0.2, 0.25) is 0 Å². The number of carbonyl (C=O) groups excluding carboxylic acids is 1. The maximum atomic E-state index is 11.3. The first-order chi connectivity index (χ1) is 9.60. The molecule has 0 radical (unpaired) electrons. The van der Waals surface area contributed by atoms with E-state index in [1.54, 1.807) is 20.3 Å². The fourth-order valence-electron chi connectivity index (χ4n) is 1.78. The Balaban J connectivity index is 2.88. The minimum absolute atomic E-state index is 0.282. The Morgan fingerprint density at radius 1 is 1.30 bits per heavy atom. The van der Waals surface area contributed by atoms with E-state index in [0.717, 1.165) is 13.0 Å². The number of aromatic nitrogens is 1. The van der Waals surface area contributed by atoms with Crippen LogP contribution in [0.1, 0.15) is 16.8 Å². The summed E-state index contributed by atoms with van der Waals surface area (Å²) < 4.78 is 10.1. The number of hydrogen-bond donors (Lipinski definition) is 2. The number of ether oxygens (including phenoxy) is 2. The van der Waals surface area contributed by atoms with Crippen LogP contribution in [0.4, 0.5) is 11.5 Å². The van der Waals surface area contributed by atoms with Gasteiger partial charge in [-0.25, -0.2) is 4.98 Å². The molecule has 0 saturated heterocycles. The van der Waals surface area contributed by atoms with Crippen LogP contribution in [-0.2, 0) is 9.47 Å². The Hall–Kier alpha value is -1.86. The van der Waals surface area contributed by atoms with Gasteiger partial charge in [0.15, 0.2) is 0 Å². The van der Waals surface area contributed by atoms with Crippen LogP contribution < -0.4 is 16.4 Å². The van der Waals surface area contributed by atoms with E-state index in [1.165, 1.54) is 6.20 Å². The lowest BCUT2D eigenvalue weighted by Crippen LogP contribution is -2.30. The smallest absolute Gasteiger partial charge is 0.250 e. The van der Waals surface area contributed by atoms with Gasteiger partial charge in [0, 0.05) is 33.9 Å². The van der Waals surface area contributed by atoms with Crippen molar-refractivity contribution in [2.45, 2.75) is 6.42 Å². The van der Waals surface area contributed by atoms with Crippen LogP contribution in [0.5, 0.6) is 0 Å². The maximum Gasteiger partial charge on any atom is 0.250 e. The van der Waals surface area contributed by atoms with Gasteiger partial charge in [-0.05, 0) is 12.5 Å². The van der Waals surface area contributed by atoms with Crippen LogP contribution in [0, 0.1) is 0 Å². The van der Waals surface area contributed by atoms with Crippen molar-refractivity contribution in [2.24, 2.45) is 5.73 Å². The summed E-state index contributed by atoms with van der Waals surface area (Å²) in [4.78, 5) is 17.6. The number of carbonyl (C=O) groups is 1. The highest BCUT2D eigenvalue weighted by molar-refractivity contribution is 5.98. The van der Waals surface area contributed by atoms with Crippen molar-refractivity contribution < 1.29 is 14.3 Å². The molecule has 4 N–H and O–H groups in total. The summed E-state index contributed by atoms with van der Waals surface area (Å²) in [5.41, 5.74) is 11.5. The van der Waals surface area contributed by atoms with Gasteiger partial charge in [0.2, 0.25) is 0 Å². The summed E-state index contributed by atoms with van der Waals surface area (Å²) in [6.45, 7) is 2.62. The number of primary amides is 1. The molecule has 112 valence electrons. The quantitative estimate of drug-likeness (QED) is 0.629. The molecule has 0 atom stereocenters. The van der Waals surface area contributed by atoms with E-state index in [9.17, 15) is 4.79 Å². The number of nitrogens with two attached hydrogens (primary N) is 2. The molecule has 1 amide bonds. The van der Waals surface area contributed by atoms with Crippen molar-refractivity contribution in [1.29, 1.82) is 0 Å². The number of pyridine rings is 1. The van der Waals surface area contributed by atoms with E-state index in [4.69, 9.17) is 20.9 Å². The van der Waals surface area contributed by atoms with Gasteiger partial charge in [0.1, 0.15) is 5.82 Å². The summed E-state index contributed by atoms with van der Waals surface area (Å²) in [5, 5.41) is 0. The van der Waals surface area contributed by atoms with Crippen LogP contribution in [0.15, 0.2) is 12.3 Å². The topological polar surface area (TPSA) is 104 Å². The van der Waals surface area contributed by atoms with E-state index < -0.39 is 5.91 Å². The van der Waals surface area contributed by atoms with Gasteiger partial charge in [0.25, 0.3) is 5.91 Å². The summed E-state index contributed by atoms with van der Waals surface area (Å²) >= 11 is 0. The molecule has 0 bridgehead atoms. The molecule has 1 aromatic rings. The van der Waals surface area contributed by atoms with Crippen LogP contribution >= 0.6 is 0 Å². The molecule has 0 unspecified atom stereocenters. The lowest BCUT2D eigenvalue weighted by molar-refractivity contribution is 0.100. The van der Waals surface area contributed by atoms with Gasteiger partial charge in [-0.3, -0.25) is 4.79 Å². The fraction of sp³-hybridized carbons (Fsp3) is 0.538. The van der Waals surface area contributed by atoms with Gasteiger partial charge in [0.05, 0.1) is 24.1 Å². The van der Waals surface area contributed by atoms with Gasteiger partial charge in [-0.1, -0.05) is 0 Å². The molecule has 1 heterocycles. The molecular weight excluding hydrogens is 260 g/mol. The summed E-state index contributed by atoms with van der Waals surface area (Å²) in [7, 11) is 3.30. The Labute approximate surface area is 118 Å². The average Bonchev–Trinajstić information content (AvgIpc) is 2.43. The van der Waals surface area contributed by atoms with Crippen molar-refractivity contribution in [3.8, 4) is 0 Å². The van der Waals surface area contributed by atoms with Gasteiger partial charge < -0.3 is 25.8 Å². The third-order valence-electron chi connectivity index (χ3n) is 2.85. The fourth-order valence-corrected chi connectivity index (χ4v) is 1.78. The molecule has 20 heavy (non-hydrogen) atoms. The van der Waals surface area contributed by atoms with E-state index in [1.807, 2.05) is 4.90 Å². The number of nitrogens with zero attached hydrogens (tertiary/aromatic N) is 2. The van der Waals surface area contributed by atoms with Crippen molar-refractivity contribution in [1.82, 2.24) is 4.98 Å². The van der Waals surface area contributed by atoms with Crippen molar-refractivity contribution >= 4 is 17.4 Å². The number of hydrogen-bond acceptors (Lipinski definition) is 6. The zero-order valence-electron chi connectivity index (χ0n) is 12.0. The molecular formula is C13H22N4O3. The van der Waals surface area contributed by atoms with Crippen molar-refractivity contribution in [3.05, 3.63) is 17.8 Å². The molecule has 1 aromatic heterocycles. The molecule has 0 fully saturated rings. The number of rotatable bonds is 9. The summed E-state index contributed by atoms with van der Waals surface area (Å²) in [5.74, 6) is 0.0934. The second-order valence-electron chi connectivity index (χ2n) is 4.32. The zero-order valence-corrected chi connectivity index (χ0v) is 12.0. The lowest BCUT2D eigenvalue weighted by Gasteiger charge is -2.23. The van der Waals surface area contributed by atoms with E-state index >= 15 is 0 Å². The Kier molecular flexibility index (Phi) is 6.75. The highest BCUT2D eigenvalue weighted by atomic mass is 16.5. The number of amides is 1.